The molecule has 0 aliphatic heterocycles. The van der Waals surface area contributed by atoms with E-state index in [0.29, 0.717) is 28.5 Å². The van der Waals surface area contributed by atoms with E-state index < -0.39 is 17.1 Å². The summed E-state index contributed by atoms with van der Waals surface area (Å²) >= 11 is 0. The van der Waals surface area contributed by atoms with Crippen LogP contribution in [0, 0.1) is 6.92 Å². The molecular formula is C23H19N3O5. The third-order valence-corrected chi connectivity index (χ3v) is 4.72. The zero-order valence-corrected chi connectivity index (χ0v) is 16.9. The van der Waals surface area contributed by atoms with E-state index in [0.717, 1.165) is 9.13 Å². The van der Waals surface area contributed by atoms with Gasteiger partial charge in [-0.05, 0) is 55.0 Å². The summed E-state index contributed by atoms with van der Waals surface area (Å²) in [6, 6.07) is 20.7. The number of aromatic nitrogens is 3. The summed E-state index contributed by atoms with van der Waals surface area (Å²) < 4.78 is 12.9. The lowest BCUT2D eigenvalue weighted by Gasteiger charge is -2.13. The Morgan fingerprint density at radius 3 is 2.16 bits per heavy atom. The smallest absolute Gasteiger partial charge is 0.345 e. The van der Waals surface area contributed by atoms with Crippen LogP contribution in [0.5, 0.6) is 17.2 Å². The van der Waals surface area contributed by atoms with Crippen molar-refractivity contribution in [3.63, 3.8) is 0 Å². The first-order valence-electron chi connectivity index (χ1n) is 9.45. The molecule has 4 aromatic rings. The molecular weight excluding hydrogens is 398 g/mol. The summed E-state index contributed by atoms with van der Waals surface area (Å²) in [5, 5.41) is 0. The van der Waals surface area contributed by atoms with Gasteiger partial charge in [0.1, 0.15) is 17.2 Å². The number of benzene rings is 3. The van der Waals surface area contributed by atoms with E-state index >= 15 is 0 Å². The molecule has 156 valence electrons. The quantitative estimate of drug-likeness (QED) is 0.539. The Balaban J connectivity index is 1.84. The standard InChI is InChI=1S/C23H19N3O5/c1-15-14-16(12-13-19(15)31-17-8-4-3-5-9-17)25-21(27)24-22(28)26(23(25)29)18-10-6-7-11-20(18)30-2/h3-14H,1-2H3,(H,24,27,28). The van der Waals surface area contributed by atoms with Crippen molar-refractivity contribution in [2.75, 3.05) is 7.11 Å². The molecule has 0 saturated heterocycles. The highest BCUT2D eigenvalue weighted by atomic mass is 16.5. The van der Waals surface area contributed by atoms with E-state index in [4.69, 9.17) is 9.47 Å². The molecule has 8 heteroatoms. The van der Waals surface area contributed by atoms with Crippen LogP contribution in [0.4, 0.5) is 0 Å². The molecule has 0 unspecified atom stereocenters. The molecule has 0 amide bonds. The maximum atomic E-state index is 13.2. The highest BCUT2D eigenvalue weighted by Gasteiger charge is 2.16. The van der Waals surface area contributed by atoms with Crippen molar-refractivity contribution in [1.82, 2.24) is 14.1 Å². The van der Waals surface area contributed by atoms with Gasteiger partial charge in [-0.2, -0.15) is 0 Å². The zero-order chi connectivity index (χ0) is 22.0. The van der Waals surface area contributed by atoms with Crippen LogP contribution in [0.15, 0.2) is 87.2 Å². The molecule has 0 radical (unpaired) electrons. The fraction of sp³-hybridized carbons (Fsp3) is 0.0870. The number of nitrogens with zero attached hydrogens (tertiary/aromatic N) is 2. The number of H-pyrrole nitrogens is 1. The number of rotatable bonds is 5. The summed E-state index contributed by atoms with van der Waals surface area (Å²) in [7, 11) is 1.43. The van der Waals surface area contributed by atoms with E-state index in [1.165, 1.54) is 7.11 Å². The van der Waals surface area contributed by atoms with Gasteiger partial charge in [-0.3, -0.25) is 4.98 Å². The minimum atomic E-state index is -0.850. The van der Waals surface area contributed by atoms with E-state index in [1.807, 2.05) is 30.3 Å². The van der Waals surface area contributed by atoms with Gasteiger partial charge in [0.2, 0.25) is 0 Å². The fourth-order valence-electron chi connectivity index (χ4n) is 3.23. The van der Waals surface area contributed by atoms with Gasteiger partial charge < -0.3 is 9.47 Å². The van der Waals surface area contributed by atoms with Gasteiger partial charge >= 0.3 is 17.1 Å². The molecule has 8 nitrogen and oxygen atoms in total. The number of hydrogen-bond acceptors (Lipinski definition) is 5. The third-order valence-electron chi connectivity index (χ3n) is 4.72. The fourth-order valence-corrected chi connectivity index (χ4v) is 3.23. The number of aromatic amines is 1. The maximum Gasteiger partial charge on any atom is 0.345 e. The monoisotopic (exact) mass is 417 g/mol. The normalized spacial score (nSPS) is 10.6. The van der Waals surface area contributed by atoms with Gasteiger partial charge in [0.15, 0.2) is 0 Å². The SMILES string of the molecule is COc1ccccc1-n1c(=O)[nH]c(=O)n(-c2ccc(Oc3ccccc3)c(C)c2)c1=O. The second-order valence-corrected chi connectivity index (χ2v) is 6.73. The molecule has 0 bridgehead atoms. The van der Waals surface area contributed by atoms with Crippen LogP contribution in [0.25, 0.3) is 11.4 Å². The van der Waals surface area contributed by atoms with Gasteiger partial charge in [0.25, 0.3) is 0 Å². The topological polar surface area (TPSA) is 95.3 Å². The summed E-state index contributed by atoms with van der Waals surface area (Å²) in [5.41, 5.74) is -1.26. The van der Waals surface area contributed by atoms with Crippen molar-refractivity contribution >= 4 is 0 Å². The van der Waals surface area contributed by atoms with Crippen molar-refractivity contribution in [1.29, 1.82) is 0 Å². The highest BCUT2D eigenvalue weighted by molar-refractivity contribution is 5.48. The third kappa shape index (κ3) is 3.78. The average molecular weight is 417 g/mol. The second kappa shape index (κ2) is 8.19. The van der Waals surface area contributed by atoms with Crippen LogP contribution in [0.2, 0.25) is 0 Å². The van der Waals surface area contributed by atoms with Crippen LogP contribution in [-0.4, -0.2) is 21.2 Å². The maximum absolute atomic E-state index is 13.2. The summed E-state index contributed by atoms with van der Waals surface area (Å²) in [5.74, 6) is 1.57. The molecule has 0 spiro atoms. The van der Waals surface area contributed by atoms with E-state index in [1.54, 1.807) is 49.4 Å². The molecule has 0 fully saturated rings. The zero-order valence-electron chi connectivity index (χ0n) is 16.9. The first-order chi connectivity index (χ1) is 15.0. The van der Waals surface area contributed by atoms with Crippen molar-refractivity contribution in [3.05, 3.63) is 110 Å². The Morgan fingerprint density at radius 2 is 1.45 bits per heavy atom. The summed E-state index contributed by atoms with van der Waals surface area (Å²) in [6.45, 7) is 1.80. The van der Waals surface area contributed by atoms with Crippen molar-refractivity contribution in [2.45, 2.75) is 6.92 Å². The van der Waals surface area contributed by atoms with Crippen LogP contribution in [-0.2, 0) is 0 Å². The highest BCUT2D eigenvalue weighted by Crippen LogP contribution is 2.26. The molecule has 4 rings (SSSR count). The van der Waals surface area contributed by atoms with Crippen molar-refractivity contribution in [3.8, 4) is 28.6 Å². The molecule has 0 aliphatic rings. The molecule has 1 aromatic heterocycles. The molecule has 0 saturated carbocycles. The lowest BCUT2D eigenvalue weighted by atomic mass is 10.2. The number of aryl methyl sites for hydroxylation is 1. The lowest BCUT2D eigenvalue weighted by molar-refractivity contribution is 0.411. The summed E-state index contributed by atoms with van der Waals surface area (Å²) in [6.07, 6.45) is 0. The molecule has 0 atom stereocenters. The number of nitrogens with one attached hydrogen (secondary N) is 1. The Kier molecular flexibility index (Phi) is 5.28. The van der Waals surface area contributed by atoms with Gasteiger partial charge in [-0.15, -0.1) is 0 Å². The van der Waals surface area contributed by atoms with Crippen LogP contribution in [0.1, 0.15) is 5.56 Å². The van der Waals surface area contributed by atoms with E-state index in [-0.39, 0.29) is 5.69 Å². The molecule has 0 aliphatic carbocycles. The largest absolute Gasteiger partial charge is 0.495 e. The number of hydrogen-bond donors (Lipinski definition) is 1. The van der Waals surface area contributed by atoms with Crippen LogP contribution >= 0.6 is 0 Å². The predicted molar refractivity (Wildman–Crippen MR) is 116 cm³/mol. The van der Waals surface area contributed by atoms with Crippen LogP contribution < -0.4 is 26.5 Å². The number of methoxy groups -OCH3 is 1. The van der Waals surface area contributed by atoms with Gasteiger partial charge in [-0.25, -0.2) is 23.5 Å². The first-order valence-corrected chi connectivity index (χ1v) is 9.45. The molecule has 3 aromatic carbocycles. The van der Waals surface area contributed by atoms with Crippen molar-refractivity contribution in [2.24, 2.45) is 0 Å². The Labute approximate surface area is 176 Å². The number of ether oxygens (including phenoxy) is 2. The Bertz CT molecular complexity index is 1420. The Morgan fingerprint density at radius 1 is 0.774 bits per heavy atom. The first kappa shape index (κ1) is 20.0. The minimum absolute atomic E-state index is 0.228. The predicted octanol–water partition coefficient (Wildman–Crippen LogP) is 2.79. The molecule has 1 heterocycles. The lowest BCUT2D eigenvalue weighted by Crippen LogP contribution is -2.48. The van der Waals surface area contributed by atoms with Gasteiger partial charge in [0, 0.05) is 0 Å². The minimum Gasteiger partial charge on any atom is -0.495 e. The molecule has 31 heavy (non-hydrogen) atoms. The van der Waals surface area contributed by atoms with Crippen LogP contribution in [0.3, 0.4) is 0 Å². The van der Waals surface area contributed by atoms with E-state index in [9.17, 15) is 14.4 Å². The Hall–Kier alpha value is -4.33. The molecule has 1 N–H and O–H groups in total. The second-order valence-electron chi connectivity index (χ2n) is 6.73. The number of para-hydroxylation sites is 3. The van der Waals surface area contributed by atoms with Crippen molar-refractivity contribution < 1.29 is 9.47 Å². The van der Waals surface area contributed by atoms with E-state index in [2.05, 4.69) is 4.98 Å². The average Bonchev–Trinajstić information content (AvgIpc) is 2.76. The van der Waals surface area contributed by atoms with Gasteiger partial charge in [0.05, 0.1) is 18.5 Å². The summed E-state index contributed by atoms with van der Waals surface area (Å²) in [4.78, 5) is 40.4. The van der Waals surface area contributed by atoms with Gasteiger partial charge in [-0.1, -0.05) is 30.3 Å².